The molecule has 0 bridgehead atoms. The quantitative estimate of drug-likeness (QED) is 0.466. The predicted molar refractivity (Wildman–Crippen MR) is 120 cm³/mol. The molecule has 0 fully saturated rings. The lowest BCUT2D eigenvalue weighted by Gasteiger charge is -2.10. The van der Waals surface area contributed by atoms with Crippen molar-refractivity contribution in [3.05, 3.63) is 89.5 Å². The van der Waals surface area contributed by atoms with Gasteiger partial charge in [-0.1, -0.05) is 12.1 Å². The Balaban J connectivity index is 1.43. The van der Waals surface area contributed by atoms with Gasteiger partial charge in [0.05, 0.1) is 22.5 Å². The van der Waals surface area contributed by atoms with E-state index in [-0.39, 0.29) is 22.9 Å². The zero-order valence-corrected chi connectivity index (χ0v) is 18.3. The van der Waals surface area contributed by atoms with E-state index in [4.69, 9.17) is 0 Å². The number of sulfonamides is 1. The fraction of sp³-hybridized carbons (Fsp3) is 0.130. The van der Waals surface area contributed by atoms with Crippen molar-refractivity contribution >= 4 is 32.7 Å². The standard InChI is InChI=1S/C23H21FN4O3S/c1-15-13-18(11-12-19(15)24)32(30,31)27-17-9-7-16(8-10-17)23(29)25-14-22-26-20-5-3-4-6-21(20)28(22)2/h3-13,27H,14H2,1-2H3,(H,25,29). The largest absolute Gasteiger partial charge is 0.345 e. The normalized spacial score (nSPS) is 11.5. The number of rotatable bonds is 6. The van der Waals surface area contributed by atoms with Crippen molar-refractivity contribution in [1.29, 1.82) is 0 Å². The molecule has 9 heteroatoms. The minimum absolute atomic E-state index is 0.0410. The number of fused-ring (bicyclic) bond motifs is 1. The number of imidazole rings is 1. The molecule has 4 rings (SSSR count). The van der Waals surface area contributed by atoms with Crippen LogP contribution in [0.3, 0.4) is 0 Å². The number of amides is 1. The summed E-state index contributed by atoms with van der Waals surface area (Å²) in [6.07, 6.45) is 0. The van der Waals surface area contributed by atoms with Gasteiger partial charge in [0.15, 0.2) is 0 Å². The molecule has 0 atom stereocenters. The molecule has 2 N–H and O–H groups in total. The van der Waals surface area contributed by atoms with Crippen LogP contribution in [0, 0.1) is 12.7 Å². The van der Waals surface area contributed by atoms with Crippen LogP contribution in [0.2, 0.25) is 0 Å². The van der Waals surface area contributed by atoms with Gasteiger partial charge >= 0.3 is 0 Å². The Kier molecular flexibility index (Phi) is 5.67. The van der Waals surface area contributed by atoms with Crippen molar-refractivity contribution in [2.24, 2.45) is 7.05 Å². The van der Waals surface area contributed by atoms with E-state index in [1.54, 1.807) is 0 Å². The van der Waals surface area contributed by atoms with E-state index in [0.717, 1.165) is 22.9 Å². The Morgan fingerprint density at radius 1 is 1.06 bits per heavy atom. The molecule has 4 aromatic rings. The van der Waals surface area contributed by atoms with Crippen molar-refractivity contribution in [2.75, 3.05) is 4.72 Å². The molecular weight excluding hydrogens is 431 g/mol. The summed E-state index contributed by atoms with van der Waals surface area (Å²) in [5, 5.41) is 2.83. The SMILES string of the molecule is Cc1cc(S(=O)(=O)Nc2ccc(C(=O)NCc3nc4ccccc4n3C)cc2)ccc1F. The Morgan fingerprint density at radius 3 is 2.47 bits per heavy atom. The molecule has 1 amide bonds. The molecule has 32 heavy (non-hydrogen) atoms. The summed E-state index contributed by atoms with van der Waals surface area (Å²) in [5.74, 6) is -0.0582. The second-order valence-corrected chi connectivity index (χ2v) is 9.03. The van der Waals surface area contributed by atoms with Crippen LogP contribution >= 0.6 is 0 Å². The molecule has 0 aliphatic carbocycles. The fourth-order valence-corrected chi connectivity index (χ4v) is 4.45. The highest BCUT2D eigenvalue weighted by Gasteiger charge is 2.16. The maximum absolute atomic E-state index is 13.4. The number of carbonyl (C=O) groups excluding carboxylic acids is 1. The average molecular weight is 453 g/mol. The molecule has 0 saturated carbocycles. The third kappa shape index (κ3) is 4.33. The maximum Gasteiger partial charge on any atom is 0.261 e. The number of nitrogens with one attached hydrogen (secondary N) is 2. The highest BCUT2D eigenvalue weighted by molar-refractivity contribution is 7.92. The number of hydrogen-bond donors (Lipinski definition) is 2. The molecule has 3 aromatic carbocycles. The maximum atomic E-state index is 13.4. The summed E-state index contributed by atoms with van der Waals surface area (Å²) in [4.78, 5) is 17.0. The number of benzene rings is 3. The number of aromatic nitrogens is 2. The van der Waals surface area contributed by atoms with Crippen LogP contribution < -0.4 is 10.0 Å². The second-order valence-electron chi connectivity index (χ2n) is 7.35. The van der Waals surface area contributed by atoms with Gasteiger partial charge in [-0.25, -0.2) is 17.8 Å². The van der Waals surface area contributed by atoms with Crippen molar-refractivity contribution in [2.45, 2.75) is 18.4 Å². The molecule has 164 valence electrons. The van der Waals surface area contributed by atoms with E-state index in [1.165, 1.54) is 43.3 Å². The van der Waals surface area contributed by atoms with E-state index in [9.17, 15) is 17.6 Å². The zero-order chi connectivity index (χ0) is 22.9. The first-order valence-corrected chi connectivity index (χ1v) is 11.3. The summed E-state index contributed by atoms with van der Waals surface area (Å²) in [5.41, 5.74) is 2.74. The van der Waals surface area contributed by atoms with E-state index in [2.05, 4.69) is 15.0 Å². The minimum atomic E-state index is -3.88. The van der Waals surface area contributed by atoms with Crippen molar-refractivity contribution in [3.63, 3.8) is 0 Å². The van der Waals surface area contributed by atoms with Gasteiger partial charge in [0, 0.05) is 18.3 Å². The summed E-state index contributed by atoms with van der Waals surface area (Å²) in [6, 6.07) is 17.3. The van der Waals surface area contributed by atoms with Crippen LogP contribution in [-0.2, 0) is 23.6 Å². The van der Waals surface area contributed by atoms with E-state index >= 15 is 0 Å². The molecule has 7 nitrogen and oxygen atoms in total. The summed E-state index contributed by atoms with van der Waals surface area (Å²) >= 11 is 0. The molecule has 0 spiro atoms. The summed E-state index contributed by atoms with van der Waals surface area (Å²) in [6.45, 7) is 1.75. The monoisotopic (exact) mass is 452 g/mol. The first-order valence-electron chi connectivity index (χ1n) is 9.82. The Bertz CT molecular complexity index is 1410. The number of halogens is 1. The Morgan fingerprint density at radius 2 is 1.78 bits per heavy atom. The molecule has 0 unspecified atom stereocenters. The highest BCUT2D eigenvalue weighted by Crippen LogP contribution is 2.19. The van der Waals surface area contributed by atoms with Gasteiger partial charge in [0.2, 0.25) is 0 Å². The lowest BCUT2D eigenvalue weighted by molar-refractivity contribution is 0.0949. The van der Waals surface area contributed by atoms with Crippen LogP contribution in [0.5, 0.6) is 0 Å². The van der Waals surface area contributed by atoms with Crippen molar-refractivity contribution in [3.8, 4) is 0 Å². The zero-order valence-electron chi connectivity index (χ0n) is 17.5. The fourth-order valence-electron chi connectivity index (χ4n) is 3.30. The number of para-hydroxylation sites is 2. The lowest BCUT2D eigenvalue weighted by Crippen LogP contribution is -2.24. The highest BCUT2D eigenvalue weighted by atomic mass is 32.2. The van der Waals surface area contributed by atoms with Crippen LogP contribution in [-0.4, -0.2) is 23.9 Å². The number of aryl methyl sites for hydroxylation is 2. The molecule has 0 radical (unpaired) electrons. The summed E-state index contributed by atoms with van der Waals surface area (Å²) in [7, 11) is -1.99. The van der Waals surface area contributed by atoms with Gasteiger partial charge in [-0.3, -0.25) is 9.52 Å². The van der Waals surface area contributed by atoms with Gasteiger partial charge in [-0.15, -0.1) is 0 Å². The number of anilines is 1. The van der Waals surface area contributed by atoms with Gasteiger partial charge in [0.25, 0.3) is 15.9 Å². The lowest BCUT2D eigenvalue weighted by atomic mass is 10.2. The van der Waals surface area contributed by atoms with E-state index in [0.29, 0.717) is 11.3 Å². The van der Waals surface area contributed by atoms with E-state index < -0.39 is 15.8 Å². The van der Waals surface area contributed by atoms with Crippen molar-refractivity contribution < 1.29 is 17.6 Å². The second kappa shape index (κ2) is 8.43. The van der Waals surface area contributed by atoms with Crippen LogP contribution in [0.4, 0.5) is 10.1 Å². The Hall–Kier alpha value is -3.72. The third-order valence-corrected chi connectivity index (χ3v) is 6.50. The van der Waals surface area contributed by atoms with Crippen LogP contribution in [0.1, 0.15) is 21.7 Å². The molecule has 0 aliphatic heterocycles. The average Bonchev–Trinajstić information content (AvgIpc) is 3.10. The molecular formula is C23H21FN4O3S. The molecule has 1 heterocycles. The topological polar surface area (TPSA) is 93.1 Å². The third-order valence-electron chi connectivity index (χ3n) is 5.13. The number of nitrogens with zero attached hydrogens (tertiary/aromatic N) is 2. The van der Waals surface area contributed by atoms with E-state index in [1.807, 2.05) is 35.9 Å². The first-order chi connectivity index (χ1) is 15.2. The van der Waals surface area contributed by atoms with Gasteiger partial charge in [0.1, 0.15) is 11.6 Å². The van der Waals surface area contributed by atoms with Crippen molar-refractivity contribution in [1.82, 2.24) is 14.9 Å². The van der Waals surface area contributed by atoms with Gasteiger partial charge in [-0.05, 0) is 67.1 Å². The Labute approximate surface area is 185 Å². The van der Waals surface area contributed by atoms with Crippen LogP contribution in [0.15, 0.2) is 71.6 Å². The first kappa shape index (κ1) is 21.5. The minimum Gasteiger partial charge on any atom is -0.345 e. The van der Waals surface area contributed by atoms with Crippen LogP contribution in [0.25, 0.3) is 11.0 Å². The molecule has 0 saturated heterocycles. The smallest absolute Gasteiger partial charge is 0.261 e. The number of carbonyl (C=O) groups is 1. The summed E-state index contributed by atoms with van der Waals surface area (Å²) < 4.78 is 42.8. The van der Waals surface area contributed by atoms with Gasteiger partial charge < -0.3 is 9.88 Å². The van der Waals surface area contributed by atoms with Gasteiger partial charge in [-0.2, -0.15) is 0 Å². The molecule has 1 aromatic heterocycles. The number of hydrogen-bond acceptors (Lipinski definition) is 4. The predicted octanol–water partition coefficient (Wildman–Crippen LogP) is 3.75. The molecule has 0 aliphatic rings.